The molecule has 0 aliphatic carbocycles. The third-order valence-corrected chi connectivity index (χ3v) is 4.25. The van der Waals surface area contributed by atoms with Crippen LogP contribution in [-0.2, 0) is 6.54 Å². The number of nitrogens with zero attached hydrogens (tertiary/aromatic N) is 2. The molecular formula is C14H21N3S. The molecule has 2 aromatic heterocycles. The van der Waals surface area contributed by atoms with Gasteiger partial charge in [0.25, 0.3) is 0 Å². The van der Waals surface area contributed by atoms with Crippen LogP contribution >= 0.6 is 11.3 Å². The lowest BCUT2D eigenvalue weighted by Gasteiger charge is -2.14. The molecule has 2 aromatic rings. The molecule has 1 atom stereocenters. The van der Waals surface area contributed by atoms with Crippen LogP contribution in [0.15, 0.2) is 18.5 Å². The summed E-state index contributed by atoms with van der Waals surface area (Å²) in [5.74, 6) is 1.08. The second-order valence-corrected chi connectivity index (χ2v) is 6.17. The van der Waals surface area contributed by atoms with Gasteiger partial charge >= 0.3 is 0 Å². The molecule has 0 aromatic carbocycles. The van der Waals surface area contributed by atoms with Gasteiger partial charge in [0.2, 0.25) is 0 Å². The van der Waals surface area contributed by atoms with Crippen LogP contribution in [0.1, 0.15) is 34.1 Å². The van der Waals surface area contributed by atoms with E-state index in [0.29, 0.717) is 6.04 Å². The van der Waals surface area contributed by atoms with Crippen LogP contribution in [0.5, 0.6) is 0 Å². The second kappa shape index (κ2) is 5.67. The molecule has 4 heteroatoms. The van der Waals surface area contributed by atoms with E-state index in [4.69, 9.17) is 0 Å². The minimum absolute atomic E-state index is 0.416. The van der Waals surface area contributed by atoms with Gasteiger partial charge in [-0.2, -0.15) is 0 Å². The van der Waals surface area contributed by atoms with E-state index in [-0.39, 0.29) is 0 Å². The van der Waals surface area contributed by atoms with Crippen molar-refractivity contribution in [1.29, 1.82) is 0 Å². The molecule has 2 rings (SSSR count). The highest BCUT2D eigenvalue weighted by atomic mass is 32.1. The summed E-state index contributed by atoms with van der Waals surface area (Å²) in [5, 5.41) is 3.58. The molecule has 0 radical (unpaired) electrons. The van der Waals surface area contributed by atoms with Crippen LogP contribution < -0.4 is 5.32 Å². The van der Waals surface area contributed by atoms with Gasteiger partial charge in [-0.15, -0.1) is 11.3 Å². The summed E-state index contributed by atoms with van der Waals surface area (Å²) in [6.07, 6.45) is 3.88. The van der Waals surface area contributed by atoms with Crippen molar-refractivity contribution in [3.63, 3.8) is 0 Å². The molecule has 1 unspecified atom stereocenters. The lowest BCUT2D eigenvalue weighted by atomic mass is 10.1. The highest BCUT2D eigenvalue weighted by molar-refractivity contribution is 7.12. The van der Waals surface area contributed by atoms with Gasteiger partial charge in [-0.05, 0) is 39.3 Å². The third-order valence-electron chi connectivity index (χ3n) is 3.27. The van der Waals surface area contributed by atoms with E-state index in [0.717, 1.165) is 18.9 Å². The summed E-state index contributed by atoms with van der Waals surface area (Å²) >= 11 is 1.88. The summed E-state index contributed by atoms with van der Waals surface area (Å²) in [4.78, 5) is 7.04. The third kappa shape index (κ3) is 3.00. The summed E-state index contributed by atoms with van der Waals surface area (Å²) < 4.78 is 2.17. The van der Waals surface area contributed by atoms with Gasteiger partial charge < -0.3 is 9.88 Å². The Morgan fingerprint density at radius 1 is 1.39 bits per heavy atom. The average molecular weight is 263 g/mol. The Morgan fingerprint density at radius 2 is 2.17 bits per heavy atom. The van der Waals surface area contributed by atoms with Gasteiger partial charge in [-0.1, -0.05) is 0 Å². The van der Waals surface area contributed by atoms with Gasteiger partial charge in [0.05, 0.1) is 0 Å². The van der Waals surface area contributed by atoms with Crippen LogP contribution in [0.3, 0.4) is 0 Å². The zero-order chi connectivity index (χ0) is 13.1. The number of imidazole rings is 1. The summed E-state index contributed by atoms with van der Waals surface area (Å²) in [7, 11) is 0. The van der Waals surface area contributed by atoms with E-state index in [9.17, 15) is 0 Å². The number of nitrogens with one attached hydrogen (secondary N) is 1. The lowest BCUT2D eigenvalue weighted by Crippen LogP contribution is -2.23. The number of aryl methyl sites for hydroxylation is 3. The van der Waals surface area contributed by atoms with E-state index in [1.54, 1.807) is 0 Å². The molecular weight excluding hydrogens is 242 g/mol. The van der Waals surface area contributed by atoms with Crippen molar-refractivity contribution in [2.24, 2.45) is 0 Å². The molecule has 3 nitrogen and oxygen atoms in total. The van der Waals surface area contributed by atoms with Gasteiger partial charge in [0.15, 0.2) is 0 Å². The summed E-state index contributed by atoms with van der Waals surface area (Å²) in [6, 6.07) is 2.71. The molecule has 0 amide bonds. The maximum Gasteiger partial charge on any atom is 0.105 e. The first-order chi connectivity index (χ1) is 8.58. The Kier molecular flexibility index (Phi) is 4.19. The number of aromatic nitrogens is 2. The average Bonchev–Trinajstić information content (AvgIpc) is 2.85. The number of rotatable bonds is 5. The monoisotopic (exact) mass is 263 g/mol. The highest BCUT2D eigenvalue weighted by Gasteiger charge is 2.10. The molecule has 0 spiro atoms. The van der Waals surface area contributed by atoms with Gasteiger partial charge in [0.1, 0.15) is 5.82 Å². The molecule has 0 fully saturated rings. The molecule has 18 heavy (non-hydrogen) atoms. The zero-order valence-corrected chi connectivity index (χ0v) is 12.3. The van der Waals surface area contributed by atoms with E-state index >= 15 is 0 Å². The first kappa shape index (κ1) is 13.3. The van der Waals surface area contributed by atoms with E-state index < -0.39 is 0 Å². The maximum atomic E-state index is 4.23. The molecule has 0 aliphatic heterocycles. The first-order valence-corrected chi connectivity index (χ1v) is 7.17. The van der Waals surface area contributed by atoms with E-state index in [1.807, 2.05) is 30.7 Å². The predicted molar refractivity (Wildman–Crippen MR) is 77.2 cm³/mol. The Bertz CT molecular complexity index is 513. The molecule has 0 saturated heterocycles. The van der Waals surface area contributed by atoms with E-state index in [1.165, 1.54) is 15.3 Å². The summed E-state index contributed by atoms with van der Waals surface area (Å²) in [6.45, 7) is 10.6. The molecule has 2 heterocycles. The topological polar surface area (TPSA) is 29.9 Å². The predicted octanol–water partition coefficient (Wildman–Crippen LogP) is 3.22. The molecule has 0 saturated carbocycles. The van der Waals surface area contributed by atoms with Crippen molar-refractivity contribution in [3.05, 3.63) is 39.6 Å². The highest BCUT2D eigenvalue weighted by Crippen LogP contribution is 2.25. The first-order valence-electron chi connectivity index (χ1n) is 6.36. The smallest absolute Gasteiger partial charge is 0.105 e. The van der Waals surface area contributed by atoms with Crippen molar-refractivity contribution < 1.29 is 0 Å². The fourth-order valence-corrected chi connectivity index (χ4v) is 3.25. The minimum Gasteiger partial charge on any atom is -0.334 e. The number of hydrogen-bond donors (Lipinski definition) is 1. The zero-order valence-electron chi connectivity index (χ0n) is 11.5. The van der Waals surface area contributed by atoms with Gasteiger partial charge in [-0.3, -0.25) is 0 Å². The number of hydrogen-bond acceptors (Lipinski definition) is 3. The van der Waals surface area contributed by atoms with Crippen LogP contribution in [0, 0.1) is 20.8 Å². The van der Waals surface area contributed by atoms with Crippen LogP contribution in [0.2, 0.25) is 0 Å². The quantitative estimate of drug-likeness (QED) is 0.897. The Morgan fingerprint density at radius 3 is 2.72 bits per heavy atom. The molecule has 0 bridgehead atoms. The normalized spacial score (nSPS) is 12.9. The maximum absolute atomic E-state index is 4.23. The SMILES string of the molecule is Cc1cc(C(C)NCCn2ccnc2C)c(C)s1. The van der Waals surface area contributed by atoms with Crippen molar-refractivity contribution >= 4 is 11.3 Å². The molecule has 0 aliphatic rings. The fourth-order valence-electron chi connectivity index (χ4n) is 2.23. The van der Waals surface area contributed by atoms with Crippen molar-refractivity contribution in [1.82, 2.24) is 14.9 Å². The Labute approximate surface area is 113 Å². The van der Waals surface area contributed by atoms with Crippen molar-refractivity contribution in [2.45, 2.75) is 40.3 Å². The largest absolute Gasteiger partial charge is 0.334 e. The Balaban J connectivity index is 1.87. The van der Waals surface area contributed by atoms with Gasteiger partial charge in [0, 0.05) is 41.3 Å². The molecule has 1 N–H and O–H groups in total. The Hall–Kier alpha value is -1.13. The van der Waals surface area contributed by atoms with Crippen LogP contribution in [0.25, 0.3) is 0 Å². The van der Waals surface area contributed by atoms with Crippen LogP contribution in [-0.4, -0.2) is 16.1 Å². The van der Waals surface area contributed by atoms with Crippen molar-refractivity contribution in [3.8, 4) is 0 Å². The molecule has 98 valence electrons. The van der Waals surface area contributed by atoms with Gasteiger partial charge in [-0.25, -0.2) is 4.98 Å². The fraction of sp³-hybridized carbons (Fsp3) is 0.500. The number of thiophene rings is 1. The lowest BCUT2D eigenvalue weighted by molar-refractivity contribution is 0.526. The second-order valence-electron chi connectivity index (χ2n) is 4.71. The summed E-state index contributed by atoms with van der Waals surface area (Å²) in [5.41, 5.74) is 1.43. The van der Waals surface area contributed by atoms with E-state index in [2.05, 4.69) is 41.7 Å². The van der Waals surface area contributed by atoms with Crippen LogP contribution in [0.4, 0.5) is 0 Å². The van der Waals surface area contributed by atoms with Crippen molar-refractivity contribution in [2.75, 3.05) is 6.54 Å². The minimum atomic E-state index is 0.416. The standard InChI is InChI=1S/C14H21N3S/c1-10-9-14(12(3)18-10)11(2)15-5-7-17-8-6-16-13(17)4/h6,8-9,11,15H,5,7H2,1-4H3.